The number of hydrogen-bond donors (Lipinski definition) is 2. The monoisotopic (exact) mass is 643 g/mol. The topological polar surface area (TPSA) is 230 Å². The molecule has 2 aromatic rings. The summed E-state index contributed by atoms with van der Waals surface area (Å²) in [6.07, 6.45) is -2.73. The van der Waals surface area contributed by atoms with Crippen LogP contribution in [0, 0.1) is 5.82 Å². The summed E-state index contributed by atoms with van der Waals surface area (Å²) in [4.78, 5) is 60.2. The number of amides is 1. The first kappa shape index (κ1) is 34.4. The van der Waals surface area contributed by atoms with Gasteiger partial charge in [0.2, 0.25) is 0 Å². The molecule has 7 N–H and O–H groups in total. The number of anilines is 1. The van der Waals surface area contributed by atoms with E-state index in [0.717, 1.165) is 5.56 Å². The van der Waals surface area contributed by atoms with Gasteiger partial charge in [-0.2, -0.15) is 5.06 Å². The minimum absolute atomic E-state index is 0. The Kier molecular flexibility index (Phi) is 10.7. The van der Waals surface area contributed by atoms with Crippen molar-refractivity contribution < 1.29 is 63.4 Å². The number of ether oxygens (including phenoxy) is 4. The summed E-state index contributed by atoms with van der Waals surface area (Å²) >= 11 is 6.39. The molecule has 0 aliphatic carbocycles. The highest BCUT2D eigenvalue weighted by atomic mass is 35.5. The molecule has 2 atom stereocenters. The molecule has 4 aliphatic rings. The van der Waals surface area contributed by atoms with Crippen molar-refractivity contribution in [2.45, 2.75) is 38.0 Å². The summed E-state index contributed by atoms with van der Waals surface area (Å²) < 4.78 is 35.5. The second kappa shape index (κ2) is 13.7. The van der Waals surface area contributed by atoms with Gasteiger partial charge in [0, 0.05) is 19.6 Å². The molecule has 1 fully saturated rings. The summed E-state index contributed by atoms with van der Waals surface area (Å²) in [5.41, 5.74) is 3.34. The molecular weight excluding hydrogens is 613 g/mol. The Bertz CT molecular complexity index is 1440. The molecule has 6 rings (SSSR count). The van der Waals surface area contributed by atoms with Gasteiger partial charge in [-0.05, 0) is 24.6 Å². The van der Waals surface area contributed by atoms with Crippen molar-refractivity contribution in [3.8, 4) is 17.2 Å². The smallest absolute Gasteiger partial charge is 0.344 e. The fraction of sp³-hybridized carbons (Fsp3) is 0.407. The lowest BCUT2D eigenvalue weighted by Crippen LogP contribution is -2.51. The SMILES string of the molecule is CCOc1c2c(N)c(Cl)c3c1C(=O)N(CC1CN(Cc4ccc(F)cc4)CCO1)OC(=O)CC(O)(CC(=O)O2)C(=O)O3.O.O. The molecule has 44 heavy (non-hydrogen) atoms. The van der Waals surface area contributed by atoms with Crippen LogP contribution in [0.3, 0.4) is 0 Å². The van der Waals surface area contributed by atoms with E-state index in [0.29, 0.717) is 24.7 Å². The van der Waals surface area contributed by atoms with Crippen molar-refractivity contribution in [2.75, 3.05) is 38.6 Å². The van der Waals surface area contributed by atoms with E-state index in [1.54, 1.807) is 19.1 Å². The van der Waals surface area contributed by atoms with E-state index in [1.807, 2.05) is 4.90 Å². The maximum atomic E-state index is 14.0. The van der Waals surface area contributed by atoms with Crippen molar-refractivity contribution in [1.29, 1.82) is 0 Å². The average Bonchev–Trinajstić information content (AvgIpc) is 2.93. The molecule has 15 nitrogen and oxygen atoms in total. The van der Waals surface area contributed by atoms with Crippen LogP contribution < -0.4 is 19.9 Å². The highest BCUT2D eigenvalue weighted by molar-refractivity contribution is 6.36. The minimum atomic E-state index is -2.72. The van der Waals surface area contributed by atoms with E-state index in [9.17, 15) is 28.7 Å². The number of carbonyl (C=O) groups is 4. The van der Waals surface area contributed by atoms with Crippen LogP contribution in [0.25, 0.3) is 0 Å². The zero-order valence-corrected chi connectivity index (χ0v) is 24.1. The Morgan fingerprint density at radius 3 is 2.45 bits per heavy atom. The number of hydroxylamine groups is 2. The van der Waals surface area contributed by atoms with Crippen LogP contribution >= 0.6 is 11.6 Å². The molecule has 4 bridgehead atoms. The molecule has 0 saturated carbocycles. The second-order valence-corrected chi connectivity index (χ2v) is 10.3. The standard InChI is InChI=1S/C27H27ClFN3O10.2H2O/c1-2-38-23-19-22-20(28)21(30)24(23)40-17(33)9-27(37,26(36)41-22)10-18(34)42-32(25(19)35)13-16-12-31(7-8-39-16)11-14-3-5-15(29)6-4-14;;/h3-6,16,37H,2,7-13,30H2,1H3;2*1H2. The van der Waals surface area contributed by atoms with Gasteiger partial charge >= 0.3 is 17.9 Å². The number of esters is 2. The van der Waals surface area contributed by atoms with Gasteiger partial charge < -0.3 is 45.6 Å². The van der Waals surface area contributed by atoms with Crippen LogP contribution in [-0.4, -0.2) is 94.4 Å². The van der Waals surface area contributed by atoms with Crippen molar-refractivity contribution in [1.82, 2.24) is 9.96 Å². The summed E-state index contributed by atoms with van der Waals surface area (Å²) in [6.45, 7) is 2.83. The second-order valence-electron chi connectivity index (χ2n) is 9.96. The fourth-order valence-corrected chi connectivity index (χ4v) is 5.09. The van der Waals surface area contributed by atoms with Gasteiger partial charge in [0.05, 0.1) is 38.7 Å². The summed E-state index contributed by atoms with van der Waals surface area (Å²) in [7, 11) is 0. The fourth-order valence-electron chi connectivity index (χ4n) is 4.88. The van der Waals surface area contributed by atoms with Gasteiger partial charge in [0.25, 0.3) is 5.91 Å². The van der Waals surface area contributed by atoms with Crippen molar-refractivity contribution in [3.63, 3.8) is 0 Å². The average molecular weight is 644 g/mol. The summed E-state index contributed by atoms with van der Waals surface area (Å²) in [5, 5.41) is 11.3. The van der Waals surface area contributed by atoms with Crippen molar-refractivity contribution in [3.05, 3.63) is 46.2 Å². The zero-order chi connectivity index (χ0) is 30.2. The zero-order valence-electron chi connectivity index (χ0n) is 23.4. The third kappa shape index (κ3) is 6.85. The number of hydrogen-bond acceptors (Lipinski definition) is 12. The van der Waals surface area contributed by atoms with E-state index in [-0.39, 0.29) is 48.0 Å². The molecule has 0 radical (unpaired) electrons. The van der Waals surface area contributed by atoms with Crippen molar-refractivity contribution >= 4 is 41.1 Å². The van der Waals surface area contributed by atoms with E-state index in [4.69, 9.17) is 41.1 Å². The minimum Gasteiger partial charge on any atom is -0.489 e. The Hall–Kier alpha value is -4.06. The van der Waals surface area contributed by atoms with Gasteiger partial charge in [0.15, 0.2) is 22.8 Å². The molecule has 240 valence electrons. The Labute approximate surface area is 254 Å². The van der Waals surface area contributed by atoms with Gasteiger partial charge in [-0.15, -0.1) is 0 Å². The predicted octanol–water partition coefficient (Wildman–Crippen LogP) is -0.0387. The lowest BCUT2D eigenvalue weighted by molar-refractivity contribution is -0.194. The normalized spacial score (nSPS) is 22.0. The first-order valence-electron chi connectivity index (χ1n) is 13.0. The lowest BCUT2D eigenvalue weighted by Gasteiger charge is -2.36. The molecule has 1 amide bonds. The van der Waals surface area contributed by atoms with Crippen LogP contribution in [-0.2, 0) is 30.5 Å². The number of aliphatic hydroxyl groups is 1. The van der Waals surface area contributed by atoms with Gasteiger partial charge in [-0.3, -0.25) is 14.5 Å². The maximum absolute atomic E-state index is 14.0. The molecule has 4 aliphatic heterocycles. The molecular formula is C27H31ClFN3O12. The summed E-state index contributed by atoms with van der Waals surface area (Å²) in [5.74, 6) is -6.61. The number of benzene rings is 2. The van der Waals surface area contributed by atoms with E-state index >= 15 is 0 Å². The largest absolute Gasteiger partial charge is 0.489 e. The number of fused-ring (bicyclic) bond motifs is 3. The lowest BCUT2D eigenvalue weighted by atomic mass is 9.95. The molecule has 17 heteroatoms. The number of rotatable bonds is 6. The number of nitrogens with zero attached hydrogens (tertiary/aromatic N) is 2. The number of halogens is 2. The van der Waals surface area contributed by atoms with Crippen LogP contribution in [0.5, 0.6) is 17.2 Å². The Balaban J connectivity index is 0.00000264. The number of nitrogens with two attached hydrogens (primary N) is 1. The quantitative estimate of drug-likeness (QED) is 0.240. The van der Waals surface area contributed by atoms with Crippen LogP contribution in [0.2, 0.25) is 5.02 Å². The molecule has 2 aromatic carbocycles. The highest BCUT2D eigenvalue weighted by Crippen LogP contribution is 2.51. The Morgan fingerprint density at radius 2 is 1.77 bits per heavy atom. The molecule has 4 heterocycles. The van der Waals surface area contributed by atoms with E-state index in [1.165, 1.54) is 12.1 Å². The van der Waals surface area contributed by atoms with Crippen molar-refractivity contribution in [2.24, 2.45) is 0 Å². The third-order valence-corrected chi connectivity index (χ3v) is 7.23. The highest BCUT2D eigenvalue weighted by Gasteiger charge is 2.49. The van der Waals surface area contributed by atoms with Crippen LogP contribution in [0.1, 0.15) is 35.7 Å². The maximum Gasteiger partial charge on any atom is 0.344 e. The molecule has 0 aromatic heterocycles. The summed E-state index contributed by atoms with van der Waals surface area (Å²) in [6, 6.07) is 6.04. The first-order valence-corrected chi connectivity index (χ1v) is 13.4. The van der Waals surface area contributed by atoms with E-state index < -0.39 is 70.4 Å². The first-order chi connectivity index (χ1) is 20.0. The number of nitrogen functional groups attached to an aromatic ring is 1. The van der Waals surface area contributed by atoms with Crippen LogP contribution in [0.15, 0.2) is 24.3 Å². The number of carbonyl (C=O) groups excluding carboxylic acids is 4. The third-order valence-electron chi connectivity index (χ3n) is 6.86. The number of morpholine rings is 1. The molecule has 0 spiro atoms. The van der Waals surface area contributed by atoms with E-state index in [2.05, 4.69) is 0 Å². The predicted molar refractivity (Wildman–Crippen MR) is 148 cm³/mol. The molecule has 1 saturated heterocycles. The van der Waals surface area contributed by atoms with Gasteiger partial charge in [-0.1, -0.05) is 23.7 Å². The Morgan fingerprint density at radius 1 is 1.09 bits per heavy atom. The van der Waals surface area contributed by atoms with Crippen LogP contribution in [0.4, 0.5) is 10.1 Å². The molecule has 2 unspecified atom stereocenters. The van der Waals surface area contributed by atoms with Gasteiger partial charge in [0.1, 0.15) is 22.1 Å². The van der Waals surface area contributed by atoms with Gasteiger partial charge in [-0.25, -0.2) is 14.0 Å².